The van der Waals surface area contributed by atoms with Crippen LogP contribution >= 0.6 is 15.9 Å². The maximum absolute atomic E-state index is 12.5. The Morgan fingerprint density at radius 1 is 1.22 bits per heavy atom. The van der Waals surface area contributed by atoms with E-state index in [2.05, 4.69) is 20.7 Å². The van der Waals surface area contributed by atoms with E-state index in [0.717, 1.165) is 15.7 Å². The normalized spacial score (nSPS) is 13.7. The highest BCUT2D eigenvalue weighted by Gasteiger charge is 2.24. The summed E-state index contributed by atoms with van der Waals surface area (Å²) in [6.07, 6.45) is 0.662. The minimum Gasteiger partial charge on any atom is -0.312 e. The van der Waals surface area contributed by atoms with Gasteiger partial charge in [0.05, 0.1) is 4.90 Å². The molecule has 3 rings (SSSR count). The van der Waals surface area contributed by atoms with Gasteiger partial charge in [-0.15, -0.1) is 0 Å². The third-order valence-corrected chi connectivity index (χ3v) is 5.59. The van der Waals surface area contributed by atoms with E-state index >= 15 is 0 Å². The number of sulfonamides is 1. The lowest BCUT2D eigenvalue weighted by Gasteiger charge is -2.15. The number of carbonyl (C=O) groups excluding carboxylic acids is 1. The minimum absolute atomic E-state index is 0.0355. The van der Waals surface area contributed by atoms with E-state index in [4.69, 9.17) is 0 Å². The Hall–Kier alpha value is -1.86. The van der Waals surface area contributed by atoms with Crippen LogP contribution in [0.3, 0.4) is 0 Å². The minimum atomic E-state index is -3.66. The molecule has 2 aromatic carbocycles. The van der Waals surface area contributed by atoms with E-state index in [-0.39, 0.29) is 10.8 Å². The molecule has 0 spiro atoms. The molecule has 1 heterocycles. The van der Waals surface area contributed by atoms with Crippen LogP contribution in [0.25, 0.3) is 0 Å². The van der Waals surface area contributed by atoms with Gasteiger partial charge < -0.3 is 4.90 Å². The third kappa shape index (κ3) is 3.25. The summed E-state index contributed by atoms with van der Waals surface area (Å²) in [5.41, 5.74) is 2.15. The van der Waals surface area contributed by atoms with E-state index in [1.54, 1.807) is 35.2 Å². The van der Waals surface area contributed by atoms with Gasteiger partial charge in [-0.25, -0.2) is 8.42 Å². The largest absolute Gasteiger partial charge is 0.312 e. The summed E-state index contributed by atoms with van der Waals surface area (Å²) in [4.78, 5) is 13.4. The molecule has 2 aromatic rings. The first kappa shape index (κ1) is 16.0. The van der Waals surface area contributed by atoms with Crippen LogP contribution in [-0.2, 0) is 21.2 Å². The molecule has 1 aliphatic rings. The third-order valence-electron chi connectivity index (χ3n) is 3.71. The number of rotatable bonds is 3. The lowest BCUT2D eigenvalue weighted by atomic mass is 10.2. The lowest BCUT2D eigenvalue weighted by molar-refractivity contribution is -0.116. The molecule has 0 bridgehead atoms. The second kappa shape index (κ2) is 5.98. The number of benzene rings is 2. The molecule has 0 aliphatic carbocycles. The van der Waals surface area contributed by atoms with Crippen molar-refractivity contribution < 1.29 is 13.2 Å². The van der Waals surface area contributed by atoms with Gasteiger partial charge in [-0.05, 0) is 48.4 Å². The molecule has 0 fully saturated rings. The van der Waals surface area contributed by atoms with E-state index in [0.29, 0.717) is 18.7 Å². The average molecular weight is 395 g/mol. The molecule has 0 unspecified atom stereocenters. The van der Waals surface area contributed by atoms with Crippen molar-refractivity contribution in [2.24, 2.45) is 0 Å². The summed E-state index contributed by atoms with van der Waals surface area (Å²) >= 11 is 3.31. The van der Waals surface area contributed by atoms with E-state index in [1.165, 1.54) is 13.0 Å². The second-order valence-corrected chi connectivity index (χ2v) is 7.93. The first-order valence-electron chi connectivity index (χ1n) is 7.06. The summed E-state index contributed by atoms with van der Waals surface area (Å²) in [5.74, 6) is -0.0355. The van der Waals surface area contributed by atoms with Crippen LogP contribution in [-0.4, -0.2) is 20.9 Å². The summed E-state index contributed by atoms with van der Waals surface area (Å²) in [5, 5.41) is 0. The fourth-order valence-corrected chi connectivity index (χ4v) is 4.14. The maximum atomic E-state index is 12.5. The van der Waals surface area contributed by atoms with Gasteiger partial charge in [0.1, 0.15) is 0 Å². The van der Waals surface area contributed by atoms with Gasteiger partial charge in [-0.2, -0.15) is 0 Å². The van der Waals surface area contributed by atoms with Gasteiger partial charge >= 0.3 is 0 Å². The Balaban J connectivity index is 1.91. The Kier molecular flexibility index (Phi) is 4.16. The quantitative estimate of drug-likeness (QED) is 0.868. The van der Waals surface area contributed by atoms with Crippen molar-refractivity contribution in [3.8, 4) is 0 Å². The molecule has 1 aliphatic heterocycles. The second-order valence-electron chi connectivity index (χ2n) is 5.33. The molecule has 120 valence electrons. The van der Waals surface area contributed by atoms with Crippen molar-refractivity contribution in [3.63, 3.8) is 0 Å². The van der Waals surface area contributed by atoms with Gasteiger partial charge in [0.2, 0.25) is 5.91 Å². The van der Waals surface area contributed by atoms with Crippen LogP contribution in [0.15, 0.2) is 51.8 Å². The number of nitrogens with zero attached hydrogens (tertiary/aromatic N) is 1. The van der Waals surface area contributed by atoms with Crippen LogP contribution in [0.2, 0.25) is 0 Å². The van der Waals surface area contributed by atoms with E-state index in [1.807, 2.05) is 6.07 Å². The van der Waals surface area contributed by atoms with Gasteiger partial charge in [-0.3, -0.25) is 9.52 Å². The first-order valence-corrected chi connectivity index (χ1v) is 9.34. The summed E-state index contributed by atoms with van der Waals surface area (Å²) < 4.78 is 28.4. The smallest absolute Gasteiger partial charge is 0.261 e. The molecule has 0 saturated carbocycles. The maximum Gasteiger partial charge on any atom is 0.261 e. The molecule has 1 N–H and O–H groups in total. The first-order chi connectivity index (χ1) is 10.9. The zero-order valence-electron chi connectivity index (χ0n) is 12.4. The molecular weight excluding hydrogens is 380 g/mol. The van der Waals surface area contributed by atoms with Crippen molar-refractivity contribution >= 4 is 43.2 Å². The molecule has 0 saturated heterocycles. The van der Waals surface area contributed by atoms with Gasteiger partial charge in [-0.1, -0.05) is 22.0 Å². The van der Waals surface area contributed by atoms with Gasteiger partial charge in [0.25, 0.3) is 10.0 Å². The van der Waals surface area contributed by atoms with Crippen LogP contribution in [0.4, 0.5) is 11.4 Å². The Morgan fingerprint density at radius 2 is 2.00 bits per heavy atom. The van der Waals surface area contributed by atoms with Crippen LogP contribution in [0.5, 0.6) is 0 Å². The Morgan fingerprint density at radius 3 is 2.70 bits per heavy atom. The van der Waals surface area contributed by atoms with Crippen molar-refractivity contribution in [3.05, 3.63) is 52.5 Å². The predicted octanol–water partition coefficient (Wildman–Crippen LogP) is 3.16. The van der Waals surface area contributed by atoms with Crippen molar-refractivity contribution in [2.45, 2.75) is 18.2 Å². The van der Waals surface area contributed by atoms with Crippen molar-refractivity contribution in [1.29, 1.82) is 0 Å². The average Bonchev–Trinajstić information content (AvgIpc) is 2.89. The topological polar surface area (TPSA) is 66.5 Å². The Bertz CT molecular complexity index is 881. The molecule has 0 aromatic heterocycles. The van der Waals surface area contributed by atoms with Gasteiger partial charge in [0.15, 0.2) is 0 Å². The van der Waals surface area contributed by atoms with Crippen LogP contribution < -0.4 is 9.62 Å². The number of fused-ring (bicyclic) bond motifs is 1. The lowest BCUT2D eigenvalue weighted by Crippen LogP contribution is -2.25. The fourth-order valence-electron chi connectivity index (χ4n) is 2.64. The van der Waals surface area contributed by atoms with E-state index in [9.17, 15) is 13.2 Å². The highest BCUT2D eigenvalue weighted by atomic mass is 79.9. The molecule has 0 atom stereocenters. The van der Waals surface area contributed by atoms with E-state index < -0.39 is 10.0 Å². The van der Waals surface area contributed by atoms with Gasteiger partial charge in [0, 0.05) is 29.3 Å². The van der Waals surface area contributed by atoms with Crippen LogP contribution in [0.1, 0.15) is 12.5 Å². The molecule has 0 radical (unpaired) electrons. The zero-order valence-corrected chi connectivity index (χ0v) is 14.8. The monoisotopic (exact) mass is 394 g/mol. The number of hydrogen-bond acceptors (Lipinski definition) is 3. The van der Waals surface area contributed by atoms with Crippen molar-refractivity contribution in [2.75, 3.05) is 16.2 Å². The molecule has 7 heteroatoms. The number of anilines is 2. The number of halogens is 1. The summed E-state index contributed by atoms with van der Waals surface area (Å²) in [6, 6.07) is 11.8. The molecular formula is C16H15BrN2O3S. The Labute approximate surface area is 143 Å². The molecule has 23 heavy (non-hydrogen) atoms. The number of nitrogens with one attached hydrogen (secondary N) is 1. The highest BCUT2D eigenvalue weighted by molar-refractivity contribution is 9.10. The summed E-state index contributed by atoms with van der Waals surface area (Å²) in [6.45, 7) is 2.10. The van der Waals surface area contributed by atoms with Crippen LogP contribution in [0, 0.1) is 0 Å². The standard InChI is InChI=1S/C16H15BrN2O3S/c1-11(20)19-8-7-12-9-15(5-6-16(12)19)23(21,22)18-14-4-2-3-13(17)10-14/h2-6,9-10,18H,7-8H2,1H3. The summed E-state index contributed by atoms with van der Waals surface area (Å²) in [7, 11) is -3.66. The number of hydrogen-bond donors (Lipinski definition) is 1. The van der Waals surface area contributed by atoms with Crippen molar-refractivity contribution in [1.82, 2.24) is 0 Å². The highest BCUT2D eigenvalue weighted by Crippen LogP contribution is 2.31. The number of amides is 1. The number of carbonyl (C=O) groups is 1. The molecule has 1 amide bonds. The SMILES string of the molecule is CC(=O)N1CCc2cc(S(=O)(=O)Nc3cccc(Br)c3)ccc21. The molecule has 5 nitrogen and oxygen atoms in total. The zero-order chi connectivity index (χ0) is 16.6. The fraction of sp³-hybridized carbons (Fsp3) is 0.188. The predicted molar refractivity (Wildman–Crippen MR) is 93.1 cm³/mol.